The van der Waals surface area contributed by atoms with Gasteiger partial charge in [-0.25, -0.2) is 0 Å². The van der Waals surface area contributed by atoms with Crippen molar-refractivity contribution in [2.45, 2.75) is 18.9 Å². The number of thiophene rings is 1. The normalized spacial score (nSPS) is 12.6. The molecule has 2 aromatic heterocycles. The Bertz CT molecular complexity index is 455. The molecule has 17 heavy (non-hydrogen) atoms. The molecule has 0 aliphatic rings. The van der Waals surface area contributed by atoms with E-state index in [1.807, 2.05) is 25.5 Å². The second-order valence-corrected chi connectivity index (χ2v) is 5.80. The van der Waals surface area contributed by atoms with Crippen LogP contribution in [0, 0.1) is 0 Å². The van der Waals surface area contributed by atoms with Gasteiger partial charge in [-0.3, -0.25) is 4.98 Å². The number of rotatable bonds is 5. The minimum Gasteiger partial charge on any atom is -0.316 e. The molecule has 2 nitrogen and oxygen atoms in total. The highest BCUT2D eigenvalue weighted by atomic mass is 79.9. The van der Waals surface area contributed by atoms with Crippen LogP contribution in [-0.4, -0.2) is 18.1 Å². The number of nitrogens with one attached hydrogen (secondary N) is 1. The van der Waals surface area contributed by atoms with Crippen molar-refractivity contribution in [3.63, 3.8) is 0 Å². The molecule has 0 amide bonds. The smallest absolute Gasteiger partial charge is 0.0314 e. The molecule has 0 bridgehead atoms. The molecule has 0 aromatic carbocycles. The number of pyridine rings is 1. The van der Waals surface area contributed by atoms with Crippen LogP contribution in [0.2, 0.25) is 0 Å². The summed E-state index contributed by atoms with van der Waals surface area (Å²) < 4.78 is 1.22. The van der Waals surface area contributed by atoms with Gasteiger partial charge in [0.05, 0.1) is 0 Å². The fraction of sp³-hybridized carbons (Fsp3) is 0.308. The highest BCUT2D eigenvalue weighted by Gasteiger charge is 2.11. The molecule has 1 N–H and O–H groups in total. The average molecular weight is 311 g/mol. The van der Waals surface area contributed by atoms with Gasteiger partial charge in [0.15, 0.2) is 0 Å². The van der Waals surface area contributed by atoms with Crippen molar-refractivity contribution in [2.24, 2.45) is 0 Å². The summed E-state index contributed by atoms with van der Waals surface area (Å²) in [6, 6.07) is 6.68. The summed E-state index contributed by atoms with van der Waals surface area (Å²) in [6.07, 6.45) is 5.81. The fourth-order valence-corrected chi connectivity index (χ4v) is 3.37. The van der Waals surface area contributed by atoms with Crippen LogP contribution in [0.25, 0.3) is 0 Å². The Hall–Kier alpha value is -0.710. The van der Waals surface area contributed by atoms with Crippen LogP contribution in [-0.2, 0) is 12.8 Å². The third-order valence-corrected chi connectivity index (χ3v) is 4.68. The first-order valence-corrected chi connectivity index (χ1v) is 7.25. The fourth-order valence-electron chi connectivity index (χ4n) is 1.77. The third-order valence-electron chi connectivity index (χ3n) is 2.74. The van der Waals surface area contributed by atoms with Crippen molar-refractivity contribution >= 4 is 27.3 Å². The largest absolute Gasteiger partial charge is 0.316 e. The van der Waals surface area contributed by atoms with Crippen LogP contribution >= 0.6 is 27.3 Å². The first-order valence-electron chi connectivity index (χ1n) is 5.57. The minimum absolute atomic E-state index is 0.453. The molecule has 4 heteroatoms. The Morgan fingerprint density at radius 2 is 2.29 bits per heavy atom. The van der Waals surface area contributed by atoms with Gasteiger partial charge in [0.2, 0.25) is 0 Å². The van der Waals surface area contributed by atoms with E-state index in [9.17, 15) is 0 Å². The molecule has 0 saturated carbocycles. The maximum Gasteiger partial charge on any atom is 0.0314 e. The van der Waals surface area contributed by atoms with Gasteiger partial charge in [-0.15, -0.1) is 11.3 Å². The third kappa shape index (κ3) is 3.63. The zero-order chi connectivity index (χ0) is 12.1. The molecule has 0 saturated heterocycles. The molecule has 0 spiro atoms. The monoisotopic (exact) mass is 310 g/mol. The summed E-state index contributed by atoms with van der Waals surface area (Å²) in [5.74, 6) is 0. The predicted octanol–water partition coefficient (Wildman–Crippen LogP) is 3.28. The maximum atomic E-state index is 4.15. The Labute approximate surface area is 114 Å². The van der Waals surface area contributed by atoms with Crippen LogP contribution in [0.15, 0.2) is 40.4 Å². The van der Waals surface area contributed by atoms with Gasteiger partial charge in [0.1, 0.15) is 0 Å². The Morgan fingerprint density at radius 3 is 2.88 bits per heavy atom. The molecule has 0 fully saturated rings. The number of likely N-dealkylation sites (N-methyl/N-ethyl adjacent to an activating group) is 1. The second-order valence-electron chi connectivity index (χ2n) is 3.95. The van der Waals surface area contributed by atoms with E-state index in [-0.39, 0.29) is 0 Å². The van der Waals surface area contributed by atoms with E-state index in [2.05, 4.69) is 43.7 Å². The van der Waals surface area contributed by atoms with Gasteiger partial charge in [-0.1, -0.05) is 6.07 Å². The first kappa shape index (κ1) is 12.7. The van der Waals surface area contributed by atoms with Gasteiger partial charge in [0, 0.05) is 27.8 Å². The number of nitrogens with zero attached hydrogens (tertiary/aromatic N) is 1. The first-order chi connectivity index (χ1) is 8.29. The average Bonchev–Trinajstić information content (AvgIpc) is 2.75. The summed E-state index contributed by atoms with van der Waals surface area (Å²) in [6.45, 7) is 0. The quantitative estimate of drug-likeness (QED) is 0.916. The molecular formula is C13H15BrN2S. The lowest BCUT2D eigenvalue weighted by Gasteiger charge is -2.15. The summed E-state index contributed by atoms with van der Waals surface area (Å²) in [5.41, 5.74) is 1.28. The van der Waals surface area contributed by atoms with E-state index in [1.54, 1.807) is 11.3 Å². The Kier molecular flexibility index (Phi) is 4.71. The number of hydrogen-bond donors (Lipinski definition) is 1. The molecule has 2 heterocycles. The number of hydrogen-bond acceptors (Lipinski definition) is 3. The van der Waals surface area contributed by atoms with Crippen molar-refractivity contribution in [3.8, 4) is 0 Å². The number of halogens is 1. The van der Waals surface area contributed by atoms with Crippen LogP contribution < -0.4 is 5.32 Å². The summed E-state index contributed by atoms with van der Waals surface area (Å²) in [7, 11) is 2.02. The van der Waals surface area contributed by atoms with Crippen LogP contribution in [0.4, 0.5) is 0 Å². The van der Waals surface area contributed by atoms with E-state index in [1.165, 1.54) is 14.9 Å². The lowest BCUT2D eigenvalue weighted by Crippen LogP contribution is -2.29. The molecule has 2 rings (SSSR count). The van der Waals surface area contributed by atoms with Gasteiger partial charge in [0.25, 0.3) is 0 Å². The van der Waals surface area contributed by atoms with Crippen molar-refractivity contribution in [2.75, 3.05) is 7.05 Å². The minimum atomic E-state index is 0.453. The SMILES string of the molecule is CNC(Cc1cccnc1)Cc1sccc1Br. The number of aromatic nitrogens is 1. The second kappa shape index (κ2) is 6.28. The summed E-state index contributed by atoms with van der Waals surface area (Å²) in [4.78, 5) is 5.55. The topological polar surface area (TPSA) is 24.9 Å². The van der Waals surface area contributed by atoms with E-state index < -0.39 is 0 Å². The van der Waals surface area contributed by atoms with Gasteiger partial charge < -0.3 is 5.32 Å². The van der Waals surface area contributed by atoms with Crippen molar-refractivity contribution in [1.29, 1.82) is 0 Å². The van der Waals surface area contributed by atoms with Gasteiger partial charge >= 0.3 is 0 Å². The highest BCUT2D eigenvalue weighted by molar-refractivity contribution is 9.10. The van der Waals surface area contributed by atoms with Crippen molar-refractivity contribution in [1.82, 2.24) is 10.3 Å². The standard InChI is InChI=1S/C13H15BrN2S/c1-15-11(7-10-3-2-5-16-9-10)8-13-12(14)4-6-17-13/h2-6,9,11,15H,7-8H2,1H3. The van der Waals surface area contributed by atoms with Crippen LogP contribution in [0.5, 0.6) is 0 Å². The van der Waals surface area contributed by atoms with Crippen LogP contribution in [0.3, 0.4) is 0 Å². The molecular weight excluding hydrogens is 296 g/mol. The van der Waals surface area contributed by atoms with E-state index >= 15 is 0 Å². The zero-order valence-corrected chi connectivity index (χ0v) is 12.1. The van der Waals surface area contributed by atoms with Crippen molar-refractivity contribution in [3.05, 3.63) is 50.9 Å². The Balaban J connectivity index is 2.00. The lowest BCUT2D eigenvalue weighted by atomic mass is 10.0. The maximum absolute atomic E-state index is 4.15. The molecule has 1 unspecified atom stereocenters. The van der Waals surface area contributed by atoms with Crippen LogP contribution in [0.1, 0.15) is 10.4 Å². The molecule has 2 aromatic rings. The van der Waals surface area contributed by atoms with E-state index in [0.717, 1.165) is 12.8 Å². The lowest BCUT2D eigenvalue weighted by molar-refractivity contribution is 0.559. The van der Waals surface area contributed by atoms with E-state index in [4.69, 9.17) is 0 Å². The van der Waals surface area contributed by atoms with Gasteiger partial charge in [-0.05, 0) is 58.9 Å². The van der Waals surface area contributed by atoms with Crippen molar-refractivity contribution < 1.29 is 0 Å². The molecule has 0 radical (unpaired) electrons. The molecule has 90 valence electrons. The summed E-state index contributed by atoms with van der Waals surface area (Å²) >= 11 is 5.38. The molecule has 0 aliphatic carbocycles. The van der Waals surface area contributed by atoms with E-state index in [0.29, 0.717) is 6.04 Å². The zero-order valence-electron chi connectivity index (χ0n) is 9.69. The highest BCUT2D eigenvalue weighted by Crippen LogP contribution is 2.24. The molecule has 1 atom stereocenters. The predicted molar refractivity (Wildman–Crippen MR) is 76.5 cm³/mol. The van der Waals surface area contributed by atoms with Gasteiger partial charge in [-0.2, -0.15) is 0 Å². The Morgan fingerprint density at radius 1 is 1.41 bits per heavy atom. The molecule has 0 aliphatic heterocycles. The summed E-state index contributed by atoms with van der Waals surface area (Å²) in [5, 5.41) is 5.50.